The first-order chi connectivity index (χ1) is 12.0. The van der Waals surface area contributed by atoms with Gasteiger partial charge < -0.3 is 19.5 Å². The highest BCUT2D eigenvalue weighted by atomic mass is 16.6. The average Bonchev–Trinajstić information content (AvgIpc) is 2.61. The molecule has 0 aliphatic rings. The van der Waals surface area contributed by atoms with Crippen molar-refractivity contribution < 1.29 is 24.3 Å². The largest absolute Gasteiger partial charge is 0.497 e. The standard InChI is InChI=1S/C17H18N2O6/c1-24-15-6-3-7-16(11-15)25-9-8-18(17(20)21)12-13-4-2-5-14(10-13)19(22)23/h2-7,10-11H,8-9,12H2,1H3,(H,20,21). The van der Waals surface area contributed by atoms with Crippen LogP contribution in [0, 0.1) is 10.1 Å². The van der Waals surface area contributed by atoms with Gasteiger partial charge in [0, 0.05) is 24.7 Å². The molecule has 8 heteroatoms. The van der Waals surface area contributed by atoms with Gasteiger partial charge in [-0.05, 0) is 17.7 Å². The fourth-order valence-corrected chi connectivity index (χ4v) is 2.20. The molecule has 0 saturated carbocycles. The Morgan fingerprint density at radius 3 is 2.60 bits per heavy atom. The summed E-state index contributed by atoms with van der Waals surface area (Å²) in [6.45, 7) is 0.308. The van der Waals surface area contributed by atoms with E-state index in [0.29, 0.717) is 17.1 Å². The molecule has 0 aliphatic heterocycles. The number of nitrogens with zero attached hydrogens (tertiary/aromatic N) is 2. The van der Waals surface area contributed by atoms with Gasteiger partial charge in [-0.25, -0.2) is 4.79 Å². The molecule has 0 atom stereocenters. The van der Waals surface area contributed by atoms with Gasteiger partial charge in [0.2, 0.25) is 0 Å². The summed E-state index contributed by atoms with van der Waals surface area (Å²) >= 11 is 0. The molecule has 0 aromatic heterocycles. The fourth-order valence-electron chi connectivity index (χ4n) is 2.20. The first-order valence-electron chi connectivity index (χ1n) is 7.47. The zero-order chi connectivity index (χ0) is 18.2. The zero-order valence-electron chi connectivity index (χ0n) is 13.6. The number of hydrogen-bond acceptors (Lipinski definition) is 5. The lowest BCUT2D eigenvalue weighted by Crippen LogP contribution is -2.32. The Kier molecular flexibility index (Phi) is 6.16. The minimum absolute atomic E-state index is 0.0402. The highest BCUT2D eigenvalue weighted by molar-refractivity contribution is 5.65. The first-order valence-corrected chi connectivity index (χ1v) is 7.47. The van der Waals surface area contributed by atoms with Gasteiger partial charge in [-0.2, -0.15) is 0 Å². The molecule has 2 rings (SSSR count). The van der Waals surface area contributed by atoms with E-state index in [-0.39, 0.29) is 25.4 Å². The van der Waals surface area contributed by atoms with Crippen LogP contribution in [-0.4, -0.2) is 41.3 Å². The van der Waals surface area contributed by atoms with Crippen molar-refractivity contribution in [1.82, 2.24) is 4.90 Å². The molecular formula is C17H18N2O6. The molecule has 132 valence electrons. The third-order valence-corrected chi connectivity index (χ3v) is 3.44. The summed E-state index contributed by atoms with van der Waals surface area (Å²) in [5, 5.41) is 20.1. The van der Waals surface area contributed by atoms with E-state index < -0.39 is 11.0 Å². The molecule has 1 N–H and O–H groups in total. The molecule has 0 unspecified atom stereocenters. The molecule has 0 radical (unpaired) electrons. The van der Waals surface area contributed by atoms with Gasteiger partial charge in [-0.3, -0.25) is 10.1 Å². The van der Waals surface area contributed by atoms with Crippen molar-refractivity contribution >= 4 is 11.8 Å². The maximum Gasteiger partial charge on any atom is 0.407 e. The highest BCUT2D eigenvalue weighted by Gasteiger charge is 2.14. The Morgan fingerprint density at radius 1 is 1.20 bits per heavy atom. The van der Waals surface area contributed by atoms with Crippen LogP contribution < -0.4 is 9.47 Å². The molecule has 0 aliphatic carbocycles. The van der Waals surface area contributed by atoms with E-state index in [1.165, 1.54) is 18.2 Å². The monoisotopic (exact) mass is 346 g/mol. The number of methoxy groups -OCH3 is 1. The Bertz CT molecular complexity index is 749. The van der Waals surface area contributed by atoms with Gasteiger partial charge in [0.25, 0.3) is 5.69 Å². The molecular weight excluding hydrogens is 328 g/mol. The van der Waals surface area contributed by atoms with Crippen LogP contribution in [0.4, 0.5) is 10.5 Å². The van der Waals surface area contributed by atoms with Gasteiger partial charge in [-0.1, -0.05) is 18.2 Å². The zero-order valence-corrected chi connectivity index (χ0v) is 13.6. The van der Waals surface area contributed by atoms with E-state index in [4.69, 9.17) is 9.47 Å². The maximum absolute atomic E-state index is 11.4. The molecule has 2 aromatic rings. The number of ether oxygens (including phenoxy) is 2. The second kappa shape index (κ2) is 8.53. The summed E-state index contributed by atoms with van der Waals surface area (Å²) in [6, 6.07) is 12.9. The Morgan fingerprint density at radius 2 is 1.92 bits per heavy atom. The summed E-state index contributed by atoms with van der Waals surface area (Å²) in [4.78, 5) is 22.8. The van der Waals surface area contributed by atoms with Crippen molar-refractivity contribution in [3.05, 3.63) is 64.2 Å². The van der Waals surface area contributed by atoms with E-state index >= 15 is 0 Å². The van der Waals surface area contributed by atoms with E-state index in [1.54, 1.807) is 37.4 Å². The van der Waals surface area contributed by atoms with Crippen LogP contribution in [0.15, 0.2) is 48.5 Å². The molecule has 8 nitrogen and oxygen atoms in total. The van der Waals surface area contributed by atoms with Crippen LogP contribution in [-0.2, 0) is 6.54 Å². The minimum atomic E-state index is -1.12. The first kappa shape index (κ1) is 18.1. The minimum Gasteiger partial charge on any atom is -0.497 e. The molecule has 0 fully saturated rings. The van der Waals surface area contributed by atoms with Crippen LogP contribution in [0.1, 0.15) is 5.56 Å². The number of non-ortho nitro benzene ring substituents is 1. The van der Waals surface area contributed by atoms with Crippen LogP contribution in [0.25, 0.3) is 0 Å². The summed E-state index contributed by atoms with van der Waals surface area (Å²) in [5.41, 5.74) is 0.466. The van der Waals surface area contributed by atoms with Crippen molar-refractivity contribution in [2.75, 3.05) is 20.3 Å². The number of rotatable bonds is 8. The van der Waals surface area contributed by atoms with Crippen molar-refractivity contribution in [3.8, 4) is 11.5 Å². The van der Waals surface area contributed by atoms with Gasteiger partial charge in [0.1, 0.15) is 18.1 Å². The Balaban J connectivity index is 1.95. The molecule has 2 aromatic carbocycles. The fraction of sp³-hybridized carbons (Fsp3) is 0.235. The molecule has 0 bridgehead atoms. The van der Waals surface area contributed by atoms with Gasteiger partial charge in [-0.15, -0.1) is 0 Å². The van der Waals surface area contributed by atoms with Crippen LogP contribution in [0.3, 0.4) is 0 Å². The third-order valence-electron chi connectivity index (χ3n) is 3.44. The SMILES string of the molecule is COc1cccc(OCCN(Cc2cccc([N+](=O)[O-])c2)C(=O)O)c1. The smallest absolute Gasteiger partial charge is 0.407 e. The predicted molar refractivity (Wildman–Crippen MR) is 90.0 cm³/mol. The van der Waals surface area contributed by atoms with E-state index in [1.807, 2.05) is 0 Å². The summed E-state index contributed by atoms with van der Waals surface area (Å²) in [6.07, 6.45) is -1.12. The normalized spacial score (nSPS) is 10.1. The number of amides is 1. The molecule has 1 amide bonds. The van der Waals surface area contributed by atoms with Crippen molar-refractivity contribution in [2.45, 2.75) is 6.54 Å². The second-order valence-electron chi connectivity index (χ2n) is 5.16. The van der Waals surface area contributed by atoms with Crippen molar-refractivity contribution in [1.29, 1.82) is 0 Å². The van der Waals surface area contributed by atoms with Gasteiger partial charge >= 0.3 is 6.09 Å². The molecule has 25 heavy (non-hydrogen) atoms. The molecule has 0 saturated heterocycles. The number of hydrogen-bond donors (Lipinski definition) is 1. The van der Waals surface area contributed by atoms with E-state index in [9.17, 15) is 20.0 Å². The lowest BCUT2D eigenvalue weighted by Gasteiger charge is -2.19. The Hall–Kier alpha value is -3.29. The number of benzene rings is 2. The molecule has 0 heterocycles. The van der Waals surface area contributed by atoms with Crippen LogP contribution in [0.2, 0.25) is 0 Å². The number of nitro benzene ring substituents is 1. The predicted octanol–water partition coefficient (Wildman–Crippen LogP) is 3.16. The van der Waals surface area contributed by atoms with Crippen LogP contribution >= 0.6 is 0 Å². The quantitative estimate of drug-likeness (QED) is 0.582. The van der Waals surface area contributed by atoms with Crippen LogP contribution in [0.5, 0.6) is 11.5 Å². The summed E-state index contributed by atoms with van der Waals surface area (Å²) < 4.78 is 10.6. The second-order valence-corrected chi connectivity index (χ2v) is 5.16. The average molecular weight is 346 g/mol. The summed E-state index contributed by atoms with van der Waals surface area (Å²) in [5.74, 6) is 1.21. The van der Waals surface area contributed by atoms with Gasteiger partial charge in [0.05, 0.1) is 18.6 Å². The summed E-state index contributed by atoms with van der Waals surface area (Å²) in [7, 11) is 1.55. The van der Waals surface area contributed by atoms with Crippen molar-refractivity contribution in [3.63, 3.8) is 0 Å². The Labute approximate surface area is 144 Å². The number of carbonyl (C=O) groups is 1. The lowest BCUT2D eigenvalue weighted by molar-refractivity contribution is -0.384. The third kappa shape index (κ3) is 5.38. The maximum atomic E-state index is 11.4. The lowest BCUT2D eigenvalue weighted by atomic mass is 10.2. The number of carboxylic acid groups (broad SMARTS) is 1. The topological polar surface area (TPSA) is 102 Å². The van der Waals surface area contributed by atoms with Gasteiger partial charge in [0.15, 0.2) is 0 Å². The molecule has 0 spiro atoms. The number of nitro groups is 1. The van der Waals surface area contributed by atoms with E-state index in [2.05, 4.69) is 0 Å². The van der Waals surface area contributed by atoms with Crippen molar-refractivity contribution in [2.24, 2.45) is 0 Å². The highest BCUT2D eigenvalue weighted by Crippen LogP contribution is 2.19. The van der Waals surface area contributed by atoms with E-state index in [0.717, 1.165) is 4.90 Å².